The van der Waals surface area contributed by atoms with E-state index in [9.17, 15) is 0 Å². The van der Waals surface area contributed by atoms with Crippen LogP contribution in [-0.4, -0.2) is 50.7 Å². The zero-order valence-electron chi connectivity index (χ0n) is 10.8. The Balaban J connectivity index is 2.14. The summed E-state index contributed by atoms with van der Waals surface area (Å²) in [4.78, 5) is 2.44. The second-order valence-electron chi connectivity index (χ2n) is 5.54. The largest absolute Gasteiger partial charge is 0.315 e. The summed E-state index contributed by atoms with van der Waals surface area (Å²) in [6.07, 6.45) is 2.75. The first kappa shape index (κ1) is 12.9. The van der Waals surface area contributed by atoms with Crippen LogP contribution < -0.4 is 10.6 Å². The Morgan fingerprint density at radius 3 is 2.73 bits per heavy atom. The van der Waals surface area contributed by atoms with Crippen LogP contribution in [-0.2, 0) is 0 Å². The molecule has 0 aromatic heterocycles. The van der Waals surface area contributed by atoms with Gasteiger partial charge in [-0.2, -0.15) is 0 Å². The maximum Gasteiger partial charge on any atom is 0.0246 e. The molecule has 0 saturated carbocycles. The predicted molar refractivity (Wildman–Crippen MR) is 66.2 cm³/mol. The van der Waals surface area contributed by atoms with Crippen LogP contribution in [0.2, 0.25) is 0 Å². The van der Waals surface area contributed by atoms with E-state index < -0.39 is 0 Å². The molecule has 15 heavy (non-hydrogen) atoms. The van der Waals surface area contributed by atoms with Crippen molar-refractivity contribution in [1.29, 1.82) is 0 Å². The lowest BCUT2D eigenvalue weighted by Crippen LogP contribution is -2.47. The fourth-order valence-corrected chi connectivity index (χ4v) is 2.12. The number of nitrogens with one attached hydrogen (secondary N) is 2. The first-order valence-corrected chi connectivity index (χ1v) is 6.12. The van der Waals surface area contributed by atoms with E-state index in [0.717, 1.165) is 19.0 Å². The van der Waals surface area contributed by atoms with Gasteiger partial charge in [0, 0.05) is 18.6 Å². The molecule has 0 aromatic carbocycles. The van der Waals surface area contributed by atoms with E-state index in [1.807, 2.05) is 7.05 Å². The van der Waals surface area contributed by atoms with Gasteiger partial charge in [-0.15, -0.1) is 0 Å². The molecular formula is C12H27N3. The van der Waals surface area contributed by atoms with Crippen molar-refractivity contribution in [2.75, 3.05) is 40.3 Å². The fraction of sp³-hybridized carbons (Fsp3) is 1.00. The number of nitrogens with zero attached hydrogens (tertiary/aromatic N) is 1. The standard InChI is InChI=1S/C12H27N3/c1-12(2,13-3)10-14-8-11-6-5-7-15(4)9-11/h11,13-14H,5-10H2,1-4H3. The summed E-state index contributed by atoms with van der Waals surface area (Å²) >= 11 is 0. The van der Waals surface area contributed by atoms with E-state index in [1.54, 1.807) is 0 Å². The van der Waals surface area contributed by atoms with Gasteiger partial charge in [0.15, 0.2) is 0 Å². The number of likely N-dealkylation sites (tertiary alicyclic amines) is 1. The molecule has 0 aromatic rings. The fourth-order valence-electron chi connectivity index (χ4n) is 2.12. The van der Waals surface area contributed by atoms with E-state index >= 15 is 0 Å². The molecule has 1 aliphatic heterocycles. The predicted octanol–water partition coefficient (Wildman–Crippen LogP) is 0.916. The van der Waals surface area contributed by atoms with Crippen molar-refractivity contribution in [2.45, 2.75) is 32.2 Å². The lowest BCUT2D eigenvalue weighted by molar-refractivity contribution is 0.203. The highest BCUT2D eigenvalue weighted by molar-refractivity contribution is 4.80. The molecule has 1 rings (SSSR count). The molecule has 1 atom stereocenters. The molecule has 0 radical (unpaired) electrons. The van der Waals surface area contributed by atoms with E-state index in [2.05, 4.69) is 36.4 Å². The molecule has 1 heterocycles. The van der Waals surface area contributed by atoms with Gasteiger partial charge in [0.1, 0.15) is 0 Å². The Kier molecular flexibility index (Phi) is 5.03. The third kappa shape index (κ3) is 4.96. The lowest BCUT2D eigenvalue weighted by atomic mass is 9.98. The highest BCUT2D eigenvalue weighted by Crippen LogP contribution is 2.14. The van der Waals surface area contributed by atoms with Crippen LogP contribution in [0.4, 0.5) is 0 Å². The summed E-state index contributed by atoms with van der Waals surface area (Å²) in [5, 5.41) is 6.89. The minimum absolute atomic E-state index is 0.209. The van der Waals surface area contributed by atoms with Crippen molar-refractivity contribution in [3.63, 3.8) is 0 Å². The van der Waals surface area contributed by atoms with Crippen LogP contribution in [0.15, 0.2) is 0 Å². The Hall–Kier alpha value is -0.120. The van der Waals surface area contributed by atoms with E-state index in [-0.39, 0.29) is 5.54 Å². The third-order valence-corrected chi connectivity index (χ3v) is 3.40. The number of likely N-dealkylation sites (N-methyl/N-ethyl adjacent to an activating group) is 1. The van der Waals surface area contributed by atoms with Gasteiger partial charge in [0.25, 0.3) is 0 Å². The van der Waals surface area contributed by atoms with Crippen LogP contribution in [0.5, 0.6) is 0 Å². The maximum atomic E-state index is 3.58. The van der Waals surface area contributed by atoms with Crippen molar-refractivity contribution in [3.8, 4) is 0 Å². The smallest absolute Gasteiger partial charge is 0.0246 e. The van der Waals surface area contributed by atoms with Crippen molar-refractivity contribution >= 4 is 0 Å². The average Bonchev–Trinajstić information content (AvgIpc) is 2.18. The molecular weight excluding hydrogens is 186 g/mol. The third-order valence-electron chi connectivity index (χ3n) is 3.40. The van der Waals surface area contributed by atoms with Gasteiger partial charge in [-0.1, -0.05) is 0 Å². The summed E-state index contributed by atoms with van der Waals surface area (Å²) < 4.78 is 0. The normalized spacial score (nSPS) is 24.4. The molecule has 90 valence electrons. The number of hydrogen-bond donors (Lipinski definition) is 2. The Bertz CT molecular complexity index is 180. The summed E-state index contributed by atoms with van der Waals surface area (Å²) in [5.74, 6) is 0.844. The minimum Gasteiger partial charge on any atom is -0.315 e. The van der Waals surface area contributed by atoms with Gasteiger partial charge >= 0.3 is 0 Å². The Morgan fingerprint density at radius 2 is 2.13 bits per heavy atom. The van der Waals surface area contributed by atoms with Crippen LogP contribution in [0.25, 0.3) is 0 Å². The van der Waals surface area contributed by atoms with Gasteiger partial charge in [-0.05, 0) is 59.8 Å². The molecule has 0 amide bonds. The van der Waals surface area contributed by atoms with E-state index in [4.69, 9.17) is 0 Å². The Labute approximate surface area is 94.6 Å². The molecule has 1 aliphatic rings. The summed E-state index contributed by atoms with van der Waals surface area (Å²) in [6.45, 7) is 9.20. The number of piperidine rings is 1. The topological polar surface area (TPSA) is 27.3 Å². The molecule has 2 N–H and O–H groups in total. The van der Waals surface area contributed by atoms with Crippen molar-refractivity contribution in [3.05, 3.63) is 0 Å². The SMILES string of the molecule is CNC(C)(C)CNCC1CCCN(C)C1. The summed E-state index contributed by atoms with van der Waals surface area (Å²) in [6, 6.07) is 0. The quantitative estimate of drug-likeness (QED) is 0.711. The summed E-state index contributed by atoms with van der Waals surface area (Å²) in [7, 11) is 4.25. The molecule has 3 nitrogen and oxygen atoms in total. The van der Waals surface area contributed by atoms with Gasteiger partial charge < -0.3 is 15.5 Å². The second-order valence-corrected chi connectivity index (χ2v) is 5.54. The second kappa shape index (κ2) is 5.83. The first-order chi connectivity index (χ1) is 7.03. The van der Waals surface area contributed by atoms with Gasteiger partial charge in [-0.3, -0.25) is 0 Å². The van der Waals surface area contributed by atoms with Crippen LogP contribution in [0.3, 0.4) is 0 Å². The molecule has 1 saturated heterocycles. The maximum absolute atomic E-state index is 3.58. The van der Waals surface area contributed by atoms with E-state index in [1.165, 1.54) is 25.9 Å². The lowest BCUT2D eigenvalue weighted by Gasteiger charge is -2.31. The summed E-state index contributed by atoms with van der Waals surface area (Å²) in [5.41, 5.74) is 0.209. The highest BCUT2D eigenvalue weighted by Gasteiger charge is 2.18. The average molecular weight is 213 g/mol. The number of hydrogen-bond acceptors (Lipinski definition) is 3. The van der Waals surface area contributed by atoms with Crippen LogP contribution >= 0.6 is 0 Å². The first-order valence-electron chi connectivity index (χ1n) is 6.12. The Morgan fingerprint density at radius 1 is 1.40 bits per heavy atom. The van der Waals surface area contributed by atoms with Crippen LogP contribution in [0, 0.1) is 5.92 Å². The van der Waals surface area contributed by atoms with Crippen LogP contribution in [0.1, 0.15) is 26.7 Å². The van der Waals surface area contributed by atoms with Crippen molar-refractivity contribution in [2.24, 2.45) is 5.92 Å². The zero-order valence-corrected chi connectivity index (χ0v) is 10.8. The minimum atomic E-state index is 0.209. The van der Waals surface area contributed by atoms with Crippen molar-refractivity contribution in [1.82, 2.24) is 15.5 Å². The monoisotopic (exact) mass is 213 g/mol. The molecule has 1 unspecified atom stereocenters. The highest BCUT2D eigenvalue weighted by atomic mass is 15.1. The van der Waals surface area contributed by atoms with Crippen molar-refractivity contribution < 1.29 is 0 Å². The van der Waals surface area contributed by atoms with Gasteiger partial charge in [0.2, 0.25) is 0 Å². The van der Waals surface area contributed by atoms with Gasteiger partial charge in [-0.25, -0.2) is 0 Å². The molecule has 0 bridgehead atoms. The zero-order chi connectivity index (χ0) is 11.3. The molecule has 0 spiro atoms. The van der Waals surface area contributed by atoms with Gasteiger partial charge in [0.05, 0.1) is 0 Å². The van der Waals surface area contributed by atoms with E-state index in [0.29, 0.717) is 0 Å². The number of rotatable bonds is 5. The molecule has 1 fully saturated rings. The molecule has 0 aliphatic carbocycles. The molecule has 3 heteroatoms.